The molecule has 0 saturated carbocycles. The first-order chi connectivity index (χ1) is 10.1. The number of nitrogens with zero attached hydrogens (tertiary/aromatic N) is 1. The molecule has 1 aliphatic rings. The highest BCUT2D eigenvalue weighted by molar-refractivity contribution is 9.10. The second-order valence-corrected chi connectivity index (χ2v) is 7.61. The molecular formula is C14H15BrClN2O2S+. The van der Waals surface area contributed by atoms with E-state index in [9.17, 15) is 4.79 Å². The molecule has 3 heterocycles. The van der Waals surface area contributed by atoms with Crippen molar-refractivity contribution in [2.45, 2.75) is 6.54 Å². The molecule has 1 aliphatic heterocycles. The van der Waals surface area contributed by atoms with Gasteiger partial charge >= 0.3 is 0 Å². The van der Waals surface area contributed by atoms with E-state index in [1.165, 1.54) is 9.78 Å². The molecule has 0 atom stereocenters. The van der Waals surface area contributed by atoms with Gasteiger partial charge in [-0.1, -0.05) is 11.6 Å². The zero-order valence-corrected chi connectivity index (χ0v) is 14.4. The summed E-state index contributed by atoms with van der Waals surface area (Å²) in [5, 5.41) is 0. The molecule has 7 heteroatoms. The summed E-state index contributed by atoms with van der Waals surface area (Å²) in [5.41, 5.74) is 0. The van der Waals surface area contributed by atoms with Crippen molar-refractivity contribution in [1.29, 1.82) is 0 Å². The molecule has 1 fully saturated rings. The molecule has 0 aromatic carbocycles. The summed E-state index contributed by atoms with van der Waals surface area (Å²) >= 11 is 10.8. The lowest BCUT2D eigenvalue weighted by Gasteiger charge is -2.31. The SMILES string of the molecule is O=C(c1ccc(Br)o1)N1CC[NH+](Cc2ccc(Cl)s2)CC1. The van der Waals surface area contributed by atoms with E-state index in [0.29, 0.717) is 10.4 Å². The maximum atomic E-state index is 12.3. The Labute approximate surface area is 140 Å². The van der Waals surface area contributed by atoms with Gasteiger partial charge in [-0.3, -0.25) is 4.79 Å². The van der Waals surface area contributed by atoms with Gasteiger partial charge in [-0.25, -0.2) is 0 Å². The molecule has 21 heavy (non-hydrogen) atoms. The van der Waals surface area contributed by atoms with Crippen molar-refractivity contribution >= 4 is 44.8 Å². The summed E-state index contributed by atoms with van der Waals surface area (Å²) in [6.45, 7) is 4.38. The standard InChI is InChI=1S/C14H14BrClN2O2S/c15-12-3-2-11(20-12)14(19)18-7-5-17(6-8-18)9-10-1-4-13(16)21-10/h1-4H,5-9H2/p+1. The van der Waals surface area contributed by atoms with Crippen LogP contribution in [0.1, 0.15) is 15.4 Å². The number of nitrogens with one attached hydrogen (secondary N) is 1. The van der Waals surface area contributed by atoms with Crippen molar-refractivity contribution in [1.82, 2.24) is 4.90 Å². The first-order valence-electron chi connectivity index (χ1n) is 6.74. The van der Waals surface area contributed by atoms with Crippen molar-refractivity contribution in [2.75, 3.05) is 26.2 Å². The van der Waals surface area contributed by atoms with Crippen molar-refractivity contribution in [3.8, 4) is 0 Å². The number of hydrogen-bond acceptors (Lipinski definition) is 3. The highest BCUT2D eigenvalue weighted by Crippen LogP contribution is 2.20. The van der Waals surface area contributed by atoms with Gasteiger partial charge < -0.3 is 14.2 Å². The van der Waals surface area contributed by atoms with Crippen molar-refractivity contribution < 1.29 is 14.1 Å². The minimum atomic E-state index is -0.0288. The van der Waals surface area contributed by atoms with Crippen LogP contribution in [0.3, 0.4) is 0 Å². The highest BCUT2D eigenvalue weighted by Gasteiger charge is 2.26. The number of quaternary nitrogens is 1. The van der Waals surface area contributed by atoms with Crippen LogP contribution in [-0.2, 0) is 6.54 Å². The van der Waals surface area contributed by atoms with E-state index in [0.717, 1.165) is 37.1 Å². The van der Waals surface area contributed by atoms with Gasteiger partial charge in [0.15, 0.2) is 10.4 Å². The zero-order chi connectivity index (χ0) is 14.8. The fraction of sp³-hybridized carbons (Fsp3) is 0.357. The van der Waals surface area contributed by atoms with E-state index in [-0.39, 0.29) is 5.91 Å². The Morgan fingerprint density at radius 3 is 2.67 bits per heavy atom. The first kappa shape index (κ1) is 15.1. The van der Waals surface area contributed by atoms with E-state index in [4.69, 9.17) is 16.0 Å². The molecule has 1 amide bonds. The molecule has 2 aromatic heterocycles. The molecule has 1 N–H and O–H groups in total. The predicted octanol–water partition coefficient (Wildman–Crippen LogP) is 2.30. The molecule has 0 unspecified atom stereocenters. The van der Waals surface area contributed by atoms with Crippen LogP contribution in [0.2, 0.25) is 4.34 Å². The minimum absolute atomic E-state index is 0.0288. The number of carbonyl (C=O) groups excluding carboxylic acids is 1. The molecule has 1 saturated heterocycles. The van der Waals surface area contributed by atoms with Gasteiger partial charge in [0.2, 0.25) is 0 Å². The molecule has 2 aromatic rings. The van der Waals surface area contributed by atoms with Gasteiger partial charge in [-0.15, -0.1) is 11.3 Å². The van der Waals surface area contributed by atoms with Crippen LogP contribution in [0.5, 0.6) is 0 Å². The summed E-state index contributed by atoms with van der Waals surface area (Å²) in [6, 6.07) is 7.47. The largest absolute Gasteiger partial charge is 0.444 e. The second-order valence-electron chi connectivity index (χ2n) is 5.03. The molecule has 0 bridgehead atoms. The van der Waals surface area contributed by atoms with Gasteiger partial charge in [0.1, 0.15) is 6.54 Å². The third kappa shape index (κ3) is 3.69. The van der Waals surface area contributed by atoms with Crippen LogP contribution in [0, 0.1) is 0 Å². The van der Waals surface area contributed by atoms with Gasteiger partial charge in [-0.2, -0.15) is 0 Å². The van der Waals surface area contributed by atoms with Crippen LogP contribution in [0.4, 0.5) is 0 Å². The Bertz CT molecular complexity index is 634. The lowest BCUT2D eigenvalue weighted by molar-refractivity contribution is -0.917. The topological polar surface area (TPSA) is 37.9 Å². The van der Waals surface area contributed by atoms with E-state index in [1.807, 2.05) is 11.0 Å². The number of furan rings is 1. The number of halogens is 2. The van der Waals surface area contributed by atoms with Crippen LogP contribution < -0.4 is 4.90 Å². The Hall–Kier alpha value is -0.820. The number of thiophene rings is 1. The fourth-order valence-corrected chi connectivity index (χ4v) is 3.95. The van der Waals surface area contributed by atoms with Crippen LogP contribution in [0.25, 0.3) is 0 Å². The number of carbonyl (C=O) groups is 1. The summed E-state index contributed by atoms with van der Waals surface area (Å²) in [7, 11) is 0. The Morgan fingerprint density at radius 2 is 2.10 bits per heavy atom. The monoisotopic (exact) mass is 389 g/mol. The third-order valence-corrected chi connectivity index (χ3v) is 5.25. The number of amides is 1. The molecule has 112 valence electrons. The van der Waals surface area contributed by atoms with E-state index >= 15 is 0 Å². The van der Waals surface area contributed by atoms with Gasteiger partial charge in [0.05, 0.1) is 35.4 Å². The quantitative estimate of drug-likeness (QED) is 0.873. The lowest BCUT2D eigenvalue weighted by Crippen LogP contribution is -3.13. The molecule has 4 nitrogen and oxygen atoms in total. The van der Waals surface area contributed by atoms with Crippen molar-refractivity contribution in [2.24, 2.45) is 0 Å². The average Bonchev–Trinajstić information content (AvgIpc) is 3.08. The summed E-state index contributed by atoms with van der Waals surface area (Å²) in [4.78, 5) is 16.9. The minimum Gasteiger partial charge on any atom is -0.444 e. The predicted molar refractivity (Wildman–Crippen MR) is 86.0 cm³/mol. The maximum absolute atomic E-state index is 12.3. The maximum Gasteiger partial charge on any atom is 0.290 e. The molecule has 0 aliphatic carbocycles. The number of piperazine rings is 1. The van der Waals surface area contributed by atoms with Crippen LogP contribution >= 0.6 is 38.9 Å². The highest BCUT2D eigenvalue weighted by atomic mass is 79.9. The lowest BCUT2D eigenvalue weighted by atomic mass is 10.2. The molecule has 0 radical (unpaired) electrons. The third-order valence-electron chi connectivity index (χ3n) is 3.59. The summed E-state index contributed by atoms with van der Waals surface area (Å²) < 4.78 is 6.75. The molecule has 3 rings (SSSR count). The van der Waals surface area contributed by atoms with Gasteiger partial charge in [0.25, 0.3) is 5.91 Å². The van der Waals surface area contributed by atoms with E-state index < -0.39 is 0 Å². The van der Waals surface area contributed by atoms with E-state index in [2.05, 4.69) is 22.0 Å². The molecule has 0 spiro atoms. The summed E-state index contributed by atoms with van der Waals surface area (Å²) in [6.07, 6.45) is 0. The Balaban J connectivity index is 1.54. The van der Waals surface area contributed by atoms with E-state index in [1.54, 1.807) is 23.5 Å². The first-order valence-corrected chi connectivity index (χ1v) is 8.73. The van der Waals surface area contributed by atoms with Crippen molar-refractivity contribution in [3.63, 3.8) is 0 Å². The normalized spacial score (nSPS) is 16.4. The van der Waals surface area contributed by atoms with Crippen LogP contribution in [-0.4, -0.2) is 37.0 Å². The van der Waals surface area contributed by atoms with Gasteiger partial charge in [-0.05, 0) is 40.2 Å². The smallest absolute Gasteiger partial charge is 0.290 e. The Morgan fingerprint density at radius 1 is 1.33 bits per heavy atom. The zero-order valence-electron chi connectivity index (χ0n) is 11.3. The summed E-state index contributed by atoms with van der Waals surface area (Å²) in [5.74, 6) is 0.370. The number of hydrogen-bond donors (Lipinski definition) is 1. The Kier molecular flexibility index (Phi) is 4.69. The van der Waals surface area contributed by atoms with Crippen LogP contribution in [0.15, 0.2) is 33.4 Å². The second kappa shape index (κ2) is 6.52. The molecular weight excluding hydrogens is 376 g/mol. The number of rotatable bonds is 3. The average molecular weight is 391 g/mol. The fourth-order valence-electron chi connectivity index (χ4n) is 2.48. The van der Waals surface area contributed by atoms with Gasteiger partial charge in [0, 0.05) is 0 Å². The van der Waals surface area contributed by atoms with Crippen molar-refractivity contribution in [3.05, 3.63) is 43.9 Å².